The summed E-state index contributed by atoms with van der Waals surface area (Å²) < 4.78 is 0. The number of aryl methyl sites for hydroxylation is 1. The minimum absolute atomic E-state index is 0.205. The highest BCUT2D eigenvalue weighted by Gasteiger charge is 2.02. The Bertz CT molecular complexity index is 668. The molecule has 2 amide bonds. The Hall–Kier alpha value is -2.73. The van der Waals surface area contributed by atoms with Gasteiger partial charge in [-0.15, -0.1) is 0 Å². The predicted octanol–water partition coefficient (Wildman–Crippen LogP) is 3.03. The predicted molar refractivity (Wildman–Crippen MR) is 93.1 cm³/mol. The van der Waals surface area contributed by atoms with Gasteiger partial charge in [0, 0.05) is 5.69 Å². The van der Waals surface area contributed by atoms with E-state index >= 15 is 0 Å². The Labute approximate surface area is 134 Å². The van der Waals surface area contributed by atoms with Gasteiger partial charge < -0.3 is 5.32 Å². The molecule has 0 saturated carbocycles. The first-order chi connectivity index (χ1) is 10.6. The van der Waals surface area contributed by atoms with Gasteiger partial charge in [-0.2, -0.15) is 5.10 Å². The molecule has 0 spiro atoms. The Balaban J connectivity index is 1.78. The molecule has 0 bridgehead atoms. The number of hydrogen-bond donors (Lipinski definition) is 3. The number of thiocarbonyl (C=S) groups is 1. The monoisotopic (exact) mass is 312 g/mol. The number of urea groups is 1. The third-order valence-corrected chi connectivity index (χ3v) is 2.92. The fourth-order valence-corrected chi connectivity index (χ4v) is 1.85. The number of hydrogen-bond acceptors (Lipinski definition) is 3. The zero-order valence-electron chi connectivity index (χ0n) is 12.0. The van der Waals surface area contributed by atoms with Crippen LogP contribution in [0.2, 0.25) is 0 Å². The van der Waals surface area contributed by atoms with Crippen LogP contribution in [0.15, 0.2) is 59.7 Å². The zero-order chi connectivity index (χ0) is 15.8. The van der Waals surface area contributed by atoms with Gasteiger partial charge in [-0.3, -0.25) is 5.32 Å². The smallest absolute Gasteiger partial charge is 0.332 e. The molecule has 2 aromatic rings. The molecule has 22 heavy (non-hydrogen) atoms. The zero-order valence-corrected chi connectivity index (χ0v) is 12.9. The molecule has 0 fully saturated rings. The van der Waals surface area contributed by atoms with E-state index in [9.17, 15) is 4.79 Å². The molecule has 0 unspecified atom stereocenters. The third-order valence-electron chi connectivity index (χ3n) is 2.72. The van der Waals surface area contributed by atoms with Crippen LogP contribution in [-0.4, -0.2) is 17.4 Å². The topological polar surface area (TPSA) is 65.5 Å². The molecular weight excluding hydrogens is 296 g/mol. The summed E-state index contributed by atoms with van der Waals surface area (Å²) in [6.07, 6.45) is 1.55. The van der Waals surface area contributed by atoms with Gasteiger partial charge in [-0.05, 0) is 36.8 Å². The van der Waals surface area contributed by atoms with Crippen LogP contribution in [-0.2, 0) is 0 Å². The molecule has 5 nitrogen and oxygen atoms in total. The van der Waals surface area contributed by atoms with Crippen molar-refractivity contribution in [1.29, 1.82) is 0 Å². The highest BCUT2D eigenvalue weighted by Crippen LogP contribution is 2.07. The maximum atomic E-state index is 11.6. The number of benzene rings is 2. The molecule has 0 atom stereocenters. The van der Waals surface area contributed by atoms with E-state index in [-0.39, 0.29) is 5.11 Å². The molecule has 6 heteroatoms. The van der Waals surface area contributed by atoms with Crippen LogP contribution >= 0.6 is 12.2 Å². The number of hydrazone groups is 1. The summed E-state index contributed by atoms with van der Waals surface area (Å²) in [5.41, 5.74) is 5.20. The van der Waals surface area contributed by atoms with Crippen LogP contribution in [0.25, 0.3) is 0 Å². The fourth-order valence-electron chi connectivity index (χ4n) is 1.63. The van der Waals surface area contributed by atoms with E-state index in [2.05, 4.69) is 21.2 Å². The fraction of sp³-hybridized carbons (Fsp3) is 0.0625. The summed E-state index contributed by atoms with van der Waals surface area (Å²) in [4.78, 5) is 11.6. The van der Waals surface area contributed by atoms with E-state index in [0.717, 1.165) is 16.8 Å². The number of rotatable bonds is 3. The maximum Gasteiger partial charge on any atom is 0.341 e. The molecule has 0 aromatic heterocycles. The first-order valence-electron chi connectivity index (χ1n) is 6.66. The molecular formula is C16H16N4OS. The molecule has 0 saturated heterocycles. The van der Waals surface area contributed by atoms with E-state index in [1.54, 1.807) is 6.21 Å². The average molecular weight is 312 g/mol. The Morgan fingerprint density at radius 3 is 2.45 bits per heavy atom. The molecule has 0 aliphatic carbocycles. The van der Waals surface area contributed by atoms with Crippen molar-refractivity contribution < 1.29 is 4.79 Å². The average Bonchev–Trinajstić information content (AvgIpc) is 2.50. The van der Waals surface area contributed by atoms with E-state index in [1.165, 1.54) is 0 Å². The molecule has 112 valence electrons. The second-order valence-electron chi connectivity index (χ2n) is 4.55. The summed E-state index contributed by atoms with van der Waals surface area (Å²) in [5, 5.41) is 9.45. The minimum Gasteiger partial charge on any atom is -0.332 e. The van der Waals surface area contributed by atoms with Crippen LogP contribution in [0.4, 0.5) is 10.5 Å². The molecule has 0 heterocycles. The van der Waals surface area contributed by atoms with Gasteiger partial charge in [-0.25, -0.2) is 10.2 Å². The highest BCUT2D eigenvalue weighted by molar-refractivity contribution is 7.80. The largest absolute Gasteiger partial charge is 0.341 e. The molecule has 0 radical (unpaired) electrons. The van der Waals surface area contributed by atoms with Crippen molar-refractivity contribution in [1.82, 2.24) is 10.7 Å². The van der Waals surface area contributed by atoms with Crippen LogP contribution in [0.1, 0.15) is 11.1 Å². The van der Waals surface area contributed by atoms with Gasteiger partial charge in [0.25, 0.3) is 0 Å². The molecule has 0 aliphatic rings. The van der Waals surface area contributed by atoms with Gasteiger partial charge in [0.2, 0.25) is 0 Å². The highest BCUT2D eigenvalue weighted by atomic mass is 32.1. The van der Waals surface area contributed by atoms with Gasteiger partial charge in [0.15, 0.2) is 5.11 Å². The number of nitrogens with one attached hydrogen (secondary N) is 3. The van der Waals surface area contributed by atoms with E-state index in [4.69, 9.17) is 12.2 Å². The number of carbonyl (C=O) groups is 1. The van der Waals surface area contributed by atoms with Gasteiger partial charge in [0.05, 0.1) is 6.21 Å². The lowest BCUT2D eigenvalue weighted by Crippen LogP contribution is -2.39. The third kappa shape index (κ3) is 5.34. The Kier molecular flexibility index (Phi) is 5.62. The van der Waals surface area contributed by atoms with Gasteiger partial charge in [-0.1, -0.05) is 48.0 Å². The van der Waals surface area contributed by atoms with Crippen molar-refractivity contribution in [3.8, 4) is 0 Å². The Morgan fingerprint density at radius 1 is 1.09 bits per heavy atom. The lowest BCUT2D eigenvalue weighted by atomic mass is 10.2. The first-order valence-corrected chi connectivity index (χ1v) is 7.07. The van der Waals surface area contributed by atoms with Crippen molar-refractivity contribution in [3.05, 3.63) is 65.7 Å². The Morgan fingerprint density at radius 2 is 1.77 bits per heavy atom. The van der Waals surface area contributed by atoms with Crippen molar-refractivity contribution in [2.75, 3.05) is 5.32 Å². The number of nitrogens with zero attached hydrogens (tertiary/aromatic N) is 1. The van der Waals surface area contributed by atoms with Crippen LogP contribution in [0.3, 0.4) is 0 Å². The first kappa shape index (κ1) is 15.7. The molecule has 3 N–H and O–H groups in total. The quantitative estimate of drug-likeness (QED) is 0.464. The van der Waals surface area contributed by atoms with Gasteiger partial charge >= 0.3 is 6.03 Å². The standard InChI is InChI=1S/C16H16N4OS/c1-12-7-9-14(10-8-12)18-16(22)19-15(21)20-17-11-13-5-3-2-4-6-13/h2-11H,1H3,(H3,18,19,20,21,22)/b17-11+. The number of anilines is 1. The van der Waals surface area contributed by atoms with Gasteiger partial charge in [0.1, 0.15) is 0 Å². The van der Waals surface area contributed by atoms with Crippen LogP contribution in [0, 0.1) is 6.92 Å². The van der Waals surface area contributed by atoms with Crippen LogP contribution in [0.5, 0.6) is 0 Å². The molecule has 2 aromatic carbocycles. The van der Waals surface area contributed by atoms with Crippen molar-refractivity contribution >= 4 is 35.3 Å². The SMILES string of the molecule is Cc1ccc(NC(=S)NC(=O)N/N=C/c2ccccc2)cc1. The number of carbonyl (C=O) groups excluding carboxylic acids is 1. The lowest BCUT2D eigenvalue weighted by molar-refractivity contribution is 0.246. The second-order valence-corrected chi connectivity index (χ2v) is 4.96. The summed E-state index contributed by atoms with van der Waals surface area (Å²) in [6.45, 7) is 2.00. The van der Waals surface area contributed by atoms with E-state index in [0.29, 0.717) is 0 Å². The summed E-state index contributed by atoms with van der Waals surface area (Å²) in [5.74, 6) is 0. The summed E-state index contributed by atoms with van der Waals surface area (Å²) >= 11 is 5.05. The minimum atomic E-state index is -0.503. The molecule has 2 rings (SSSR count). The normalized spacial score (nSPS) is 10.2. The second kappa shape index (κ2) is 7.90. The van der Waals surface area contributed by atoms with Crippen LogP contribution < -0.4 is 16.1 Å². The summed E-state index contributed by atoms with van der Waals surface area (Å²) in [7, 11) is 0. The lowest BCUT2D eigenvalue weighted by Gasteiger charge is -2.09. The molecule has 0 aliphatic heterocycles. The van der Waals surface area contributed by atoms with E-state index in [1.807, 2.05) is 61.5 Å². The van der Waals surface area contributed by atoms with Crippen molar-refractivity contribution in [3.63, 3.8) is 0 Å². The summed E-state index contributed by atoms with van der Waals surface area (Å²) in [6, 6.07) is 16.6. The maximum absolute atomic E-state index is 11.6. The van der Waals surface area contributed by atoms with E-state index < -0.39 is 6.03 Å². The van der Waals surface area contributed by atoms with Crippen molar-refractivity contribution in [2.45, 2.75) is 6.92 Å². The number of amides is 2. The van der Waals surface area contributed by atoms with Crippen molar-refractivity contribution in [2.24, 2.45) is 5.10 Å².